The lowest BCUT2D eigenvalue weighted by Gasteiger charge is -2.31. The first-order valence-electron chi connectivity index (χ1n) is 8.81. The van der Waals surface area contributed by atoms with Crippen molar-refractivity contribution in [2.75, 3.05) is 0 Å². The predicted octanol–water partition coefficient (Wildman–Crippen LogP) is 6.82. The Kier molecular flexibility index (Phi) is 7.66. The lowest BCUT2D eigenvalue weighted by molar-refractivity contribution is 0.260. The zero-order valence-electron chi connectivity index (χ0n) is 15.1. The van der Waals surface area contributed by atoms with E-state index < -0.39 is 8.32 Å². The summed E-state index contributed by atoms with van der Waals surface area (Å²) < 4.78 is 26.1. The van der Waals surface area contributed by atoms with E-state index in [4.69, 9.17) is 9.16 Å². The number of halogens is 2. The average molecular weight is 425 g/mol. The third-order valence-electron chi connectivity index (χ3n) is 4.74. The summed E-state index contributed by atoms with van der Waals surface area (Å²) in [6.45, 7) is 6.97. The highest BCUT2D eigenvalue weighted by molar-refractivity contribution is 9.09. The Morgan fingerprint density at radius 1 is 1.00 bits per heavy atom. The minimum Gasteiger partial charge on any atom is -0.488 e. The van der Waals surface area contributed by atoms with E-state index in [1.54, 1.807) is 6.07 Å². The van der Waals surface area contributed by atoms with Crippen molar-refractivity contribution in [3.63, 3.8) is 0 Å². The van der Waals surface area contributed by atoms with Crippen molar-refractivity contribution in [1.29, 1.82) is 0 Å². The molecule has 0 heterocycles. The molecule has 0 N–H and O–H groups in total. The highest BCUT2D eigenvalue weighted by Crippen LogP contribution is 2.38. The van der Waals surface area contributed by atoms with E-state index in [-0.39, 0.29) is 10.8 Å². The molecule has 0 saturated heterocycles. The molecule has 2 nitrogen and oxygen atoms in total. The lowest BCUT2D eigenvalue weighted by atomic mass is 10.2. The molecule has 2 aromatic rings. The van der Waals surface area contributed by atoms with Crippen LogP contribution in [0.4, 0.5) is 4.39 Å². The third kappa shape index (κ3) is 5.40. The number of rotatable bonds is 9. The minimum absolute atomic E-state index is 0.287. The van der Waals surface area contributed by atoms with Gasteiger partial charge in [-0.05, 0) is 35.8 Å². The zero-order chi connectivity index (χ0) is 18.3. The fourth-order valence-corrected chi connectivity index (χ4v) is 6.97. The fourth-order valence-electron chi connectivity index (χ4n) is 2.84. The Labute approximate surface area is 159 Å². The summed E-state index contributed by atoms with van der Waals surface area (Å²) in [4.78, 5) is 0. The maximum Gasteiger partial charge on any atom is 0.194 e. The molecule has 0 aliphatic rings. The quantitative estimate of drug-likeness (QED) is 0.324. The fraction of sp³-hybridized carbons (Fsp3) is 0.400. The zero-order valence-corrected chi connectivity index (χ0v) is 17.7. The normalized spacial score (nSPS) is 12.8. The van der Waals surface area contributed by atoms with Crippen molar-refractivity contribution in [1.82, 2.24) is 0 Å². The lowest BCUT2D eigenvalue weighted by Crippen LogP contribution is -2.36. The van der Waals surface area contributed by atoms with Crippen molar-refractivity contribution in [3.8, 4) is 5.75 Å². The van der Waals surface area contributed by atoms with Gasteiger partial charge in [-0.3, -0.25) is 0 Å². The van der Waals surface area contributed by atoms with E-state index in [9.17, 15) is 4.39 Å². The van der Waals surface area contributed by atoms with Gasteiger partial charge in [0.15, 0.2) is 8.32 Å². The van der Waals surface area contributed by atoms with Crippen LogP contribution in [0.3, 0.4) is 0 Å². The number of ether oxygens (including phenoxy) is 1. The molecule has 0 fully saturated rings. The smallest absolute Gasteiger partial charge is 0.194 e. The molecule has 0 radical (unpaired) electrons. The van der Waals surface area contributed by atoms with Crippen LogP contribution >= 0.6 is 15.9 Å². The van der Waals surface area contributed by atoms with Gasteiger partial charge in [-0.1, -0.05) is 67.0 Å². The first-order valence-corrected chi connectivity index (χ1v) is 12.3. The minimum atomic E-state index is -1.78. The molecular weight excluding hydrogens is 399 g/mol. The first kappa shape index (κ1) is 20.1. The maximum absolute atomic E-state index is 13.7. The molecule has 0 unspecified atom stereocenters. The summed E-state index contributed by atoms with van der Waals surface area (Å²) in [6, 6.07) is 17.7. The second-order valence-corrected chi connectivity index (χ2v) is 11.7. The van der Waals surface area contributed by atoms with Crippen molar-refractivity contribution < 1.29 is 13.6 Å². The second-order valence-electron chi connectivity index (χ2n) is 6.13. The average Bonchev–Trinajstić information content (AvgIpc) is 2.65. The van der Waals surface area contributed by atoms with Crippen molar-refractivity contribution in [2.24, 2.45) is 0 Å². The van der Waals surface area contributed by atoms with Crippen LogP contribution in [-0.4, -0.2) is 8.32 Å². The number of hydrogen-bond acceptors (Lipinski definition) is 2. The first-order chi connectivity index (χ1) is 12.0. The SMILES string of the molecule is CC[Si](CC)(CC)O[C@H](Br)c1ccc(F)cc1OCc1ccccc1. The molecule has 2 aromatic carbocycles. The highest BCUT2D eigenvalue weighted by Gasteiger charge is 2.32. The molecule has 25 heavy (non-hydrogen) atoms. The van der Waals surface area contributed by atoms with Gasteiger partial charge in [-0.25, -0.2) is 4.39 Å². The van der Waals surface area contributed by atoms with Crippen molar-refractivity contribution in [2.45, 2.75) is 50.5 Å². The standard InChI is InChI=1S/C20H26BrFO2Si/c1-4-25(5-2,6-3)24-20(21)18-13-12-17(22)14-19(18)23-15-16-10-8-7-9-11-16/h7-14,20H,4-6,15H2,1-3H3/t20-/m0/s1. The molecule has 0 amide bonds. The molecule has 0 saturated carbocycles. The van der Waals surface area contributed by atoms with Crippen LogP contribution in [0.15, 0.2) is 48.5 Å². The van der Waals surface area contributed by atoms with Crippen LogP contribution in [0.5, 0.6) is 5.75 Å². The predicted molar refractivity (Wildman–Crippen MR) is 107 cm³/mol. The van der Waals surface area contributed by atoms with Crippen molar-refractivity contribution in [3.05, 3.63) is 65.5 Å². The van der Waals surface area contributed by atoms with Gasteiger partial charge < -0.3 is 9.16 Å². The van der Waals surface area contributed by atoms with Gasteiger partial charge >= 0.3 is 0 Å². The molecule has 0 bridgehead atoms. The van der Waals surface area contributed by atoms with Gasteiger partial charge in [0.2, 0.25) is 0 Å². The highest BCUT2D eigenvalue weighted by atomic mass is 79.9. The van der Waals surface area contributed by atoms with E-state index in [0.29, 0.717) is 12.4 Å². The number of benzene rings is 2. The largest absolute Gasteiger partial charge is 0.488 e. The Morgan fingerprint density at radius 2 is 1.64 bits per heavy atom. The summed E-state index contributed by atoms with van der Waals surface area (Å²) >= 11 is 3.66. The summed E-state index contributed by atoms with van der Waals surface area (Å²) in [5.41, 5.74) is 1.88. The van der Waals surface area contributed by atoms with Gasteiger partial charge in [-0.2, -0.15) is 0 Å². The van der Waals surface area contributed by atoms with E-state index in [0.717, 1.165) is 29.3 Å². The molecular formula is C20H26BrFO2Si. The number of alkyl halides is 1. The third-order valence-corrected chi connectivity index (χ3v) is 10.4. The van der Waals surface area contributed by atoms with Gasteiger partial charge in [-0.15, -0.1) is 0 Å². The van der Waals surface area contributed by atoms with E-state index in [1.165, 1.54) is 12.1 Å². The number of hydrogen-bond donors (Lipinski definition) is 0. The van der Waals surface area contributed by atoms with E-state index in [2.05, 4.69) is 36.7 Å². The van der Waals surface area contributed by atoms with Gasteiger partial charge in [0, 0.05) is 11.6 Å². The Morgan fingerprint density at radius 3 is 2.24 bits per heavy atom. The Bertz CT molecular complexity index is 654. The Hall–Kier alpha value is -1.17. The van der Waals surface area contributed by atoms with E-state index >= 15 is 0 Å². The van der Waals surface area contributed by atoms with Gasteiger partial charge in [0.1, 0.15) is 23.2 Å². The molecule has 1 atom stereocenters. The van der Waals surface area contributed by atoms with Crippen LogP contribution in [0.25, 0.3) is 0 Å². The molecule has 0 aliphatic heterocycles. The summed E-state index contributed by atoms with van der Waals surface area (Å²) in [5.74, 6) is 0.216. The summed E-state index contributed by atoms with van der Waals surface area (Å²) in [7, 11) is -1.78. The topological polar surface area (TPSA) is 18.5 Å². The monoisotopic (exact) mass is 424 g/mol. The van der Waals surface area contributed by atoms with Crippen LogP contribution in [-0.2, 0) is 11.0 Å². The summed E-state index contributed by atoms with van der Waals surface area (Å²) in [5, 5.41) is -0.287. The van der Waals surface area contributed by atoms with E-state index in [1.807, 2.05) is 30.3 Å². The molecule has 0 aromatic heterocycles. The molecule has 2 rings (SSSR count). The summed E-state index contributed by atoms with van der Waals surface area (Å²) in [6.07, 6.45) is 0. The molecule has 5 heteroatoms. The van der Waals surface area contributed by atoms with Crippen molar-refractivity contribution >= 4 is 24.2 Å². The maximum atomic E-state index is 13.7. The van der Waals surface area contributed by atoms with Crippen LogP contribution in [0.2, 0.25) is 18.1 Å². The van der Waals surface area contributed by atoms with Crippen LogP contribution in [0, 0.1) is 5.82 Å². The Balaban J connectivity index is 2.19. The molecule has 0 aliphatic carbocycles. The van der Waals surface area contributed by atoms with Crippen LogP contribution < -0.4 is 4.74 Å². The molecule has 0 spiro atoms. The molecule has 136 valence electrons. The van der Waals surface area contributed by atoms with Gasteiger partial charge in [0.05, 0.1) is 0 Å². The van der Waals surface area contributed by atoms with Crippen LogP contribution in [0.1, 0.15) is 36.9 Å². The van der Waals surface area contributed by atoms with Gasteiger partial charge in [0.25, 0.3) is 0 Å². The second kappa shape index (κ2) is 9.50.